The highest BCUT2D eigenvalue weighted by Gasteiger charge is 2.19. The second kappa shape index (κ2) is 9.93. The van der Waals surface area contributed by atoms with Gasteiger partial charge >= 0.3 is 0 Å². The van der Waals surface area contributed by atoms with E-state index in [1.807, 2.05) is 0 Å². The zero-order valence-corrected chi connectivity index (χ0v) is 16.4. The maximum absolute atomic E-state index is 5.44. The van der Waals surface area contributed by atoms with Crippen LogP contribution in [-0.4, -0.2) is 61.7 Å². The quantitative estimate of drug-likeness (QED) is 0.649. The fourth-order valence-corrected chi connectivity index (χ4v) is 3.82. The molecule has 0 spiro atoms. The molecule has 1 aromatic rings. The van der Waals surface area contributed by atoms with Gasteiger partial charge in [-0.2, -0.15) is 0 Å². The number of piperidine rings is 1. The summed E-state index contributed by atoms with van der Waals surface area (Å²) in [6.45, 7) is 13.1. The number of nitrogens with one attached hydrogen (secondary N) is 1. The second-order valence-corrected chi connectivity index (χ2v) is 7.57. The minimum atomic E-state index is 0.740. The summed E-state index contributed by atoms with van der Waals surface area (Å²) in [5, 5.41) is 3.48. The number of guanidine groups is 1. The number of likely N-dealkylation sites (tertiary alicyclic amines) is 1. The van der Waals surface area contributed by atoms with Crippen LogP contribution in [0.1, 0.15) is 37.8 Å². The standard InChI is InChI=1S/C21H34N4O/c1-3-22-21(25-9-5-6-18(2)16-25)23-15-19-7-4-8-20(14-19)17-24-10-12-26-13-11-24/h4,7-8,14,18H,3,5-6,9-13,15-17H2,1-2H3,(H,22,23). The summed E-state index contributed by atoms with van der Waals surface area (Å²) in [5.41, 5.74) is 2.66. The molecular formula is C21H34N4O. The van der Waals surface area contributed by atoms with Crippen molar-refractivity contribution < 1.29 is 4.74 Å². The van der Waals surface area contributed by atoms with Gasteiger partial charge in [-0.3, -0.25) is 4.90 Å². The third-order valence-corrected chi connectivity index (χ3v) is 5.20. The van der Waals surface area contributed by atoms with Crippen LogP contribution in [0.15, 0.2) is 29.3 Å². The van der Waals surface area contributed by atoms with Gasteiger partial charge in [0.15, 0.2) is 5.96 Å². The molecule has 5 nitrogen and oxygen atoms in total. The predicted molar refractivity (Wildman–Crippen MR) is 107 cm³/mol. The molecule has 2 aliphatic rings. The highest BCUT2D eigenvalue weighted by Crippen LogP contribution is 2.16. The van der Waals surface area contributed by atoms with Crippen LogP contribution in [0.25, 0.3) is 0 Å². The average Bonchev–Trinajstić information content (AvgIpc) is 2.66. The number of morpholine rings is 1. The van der Waals surface area contributed by atoms with Gasteiger partial charge in [-0.15, -0.1) is 0 Å². The van der Waals surface area contributed by atoms with Gasteiger partial charge < -0.3 is 15.0 Å². The smallest absolute Gasteiger partial charge is 0.194 e. The first-order chi connectivity index (χ1) is 12.7. The third kappa shape index (κ3) is 5.71. The van der Waals surface area contributed by atoms with Gasteiger partial charge in [0, 0.05) is 39.3 Å². The monoisotopic (exact) mass is 358 g/mol. The van der Waals surface area contributed by atoms with Crippen molar-refractivity contribution in [1.29, 1.82) is 0 Å². The molecule has 1 unspecified atom stereocenters. The molecule has 1 N–H and O–H groups in total. The molecule has 0 aromatic heterocycles. The molecule has 1 atom stereocenters. The molecular weight excluding hydrogens is 324 g/mol. The molecule has 2 heterocycles. The molecule has 0 radical (unpaired) electrons. The van der Waals surface area contributed by atoms with Gasteiger partial charge in [0.2, 0.25) is 0 Å². The normalized spacial score (nSPS) is 22.5. The Labute approximate surface area is 158 Å². The molecule has 2 aliphatic heterocycles. The van der Waals surface area contributed by atoms with Gasteiger partial charge in [-0.1, -0.05) is 31.2 Å². The Kier molecular flexibility index (Phi) is 7.32. The van der Waals surface area contributed by atoms with Crippen LogP contribution >= 0.6 is 0 Å². The van der Waals surface area contributed by atoms with Crippen LogP contribution in [-0.2, 0) is 17.8 Å². The maximum atomic E-state index is 5.44. The summed E-state index contributed by atoms with van der Waals surface area (Å²) in [6.07, 6.45) is 2.60. The zero-order chi connectivity index (χ0) is 18.2. The number of aliphatic imine (C=N–C) groups is 1. The minimum Gasteiger partial charge on any atom is -0.379 e. The van der Waals surface area contributed by atoms with Crippen molar-refractivity contribution in [3.8, 4) is 0 Å². The maximum Gasteiger partial charge on any atom is 0.194 e. The third-order valence-electron chi connectivity index (χ3n) is 5.20. The second-order valence-electron chi connectivity index (χ2n) is 7.57. The van der Waals surface area contributed by atoms with Gasteiger partial charge in [-0.25, -0.2) is 4.99 Å². The summed E-state index contributed by atoms with van der Waals surface area (Å²) >= 11 is 0. The average molecular weight is 359 g/mol. The van der Waals surface area contributed by atoms with Gasteiger partial charge in [-0.05, 0) is 36.8 Å². The number of rotatable bonds is 5. The number of benzene rings is 1. The summed E-state index contributed by atoms with van der Waals surface area (Å²) in [5.74, 6) is 1.82. The first-order valence-electron chi connectivity index (χ1n) is 10.2. The molecule has 144 valence electrons. The number of nitrogens with zero attached hydrogens (tertiary/aromatic N) is 3. The lowest BCUT2D eigenvalue weighted by molar-refractivity contribution is 0.0342. The van der Waals surface area contributed by atoms with E-state index >= 15 is 0 Å². The van der Waals surface area contributed by atoms with E-state index in [1.54, 1.807) is 0 Å². The van der Waals surface area contributed by atoms with E-state index in [-0.39, 0.29) is 0 Å². The highest BCUT2D eigenvalue weighted by atomic mass is 16.5. The van der Waals surface area contributed by atoms with E-state index in [9.17, 15) is 0 Å². The predicted octanol–water partition coefficient (Wildman–Crippen LogP) is 2.72. The lowest BCUT2D eigenvalue weighted by atomic mass is 10.0. The van der Waals surface area contributed by atoms with Gasteiger partial charge in [0.05, 0.1) is 19.8 Å². The Balaban J connectivity index is 1.62. The summed E-state index contributed by atoms with van der Waals surface area (Å²) in [7, 11) is 0. The zero-order valence-electron chi connectivity index (χ0n) is 16.4. The molecule has 2 fully saturated rings. The van der Waals surface area contributed by atoms with Crippen LogP contribution in [0, 0.1) is 5.92 Å². The van der Waals surface area contributed by atoms with E-state index in [2.05, 4.69) is 53.2 Å². The van der Waals surface area contributed by atoms with Crippen LogP contribution in [0.4, 0.5) is 0 Å². The van der Waals surface area contributed by atoms with Crippen molar-refractivity contribution in [1.82, 2.24) is 15.1 Å². The first kappa shape index (κ1) is 19.2. The topological polar surface area (TPSA) is 40.1 Å². The lowest BCUT2D eigenvalue weighted by Gasteiger charge is -2.33. The Bertz CT molecular complexity index is 583. The molecule has 1 aromatic carbocycles. The number of ether oxygens (including phenoxy) is 1. The fourth-order valence-electron chi connectivity index (χ4n) is 3.82. The summed E-state index contributed by atoms with van der Waals surface area (Å²) in [4.78, 5) is 9.82. The van der Waals surface area contributed by atoms with Crippen molar-refractivity contribution in [2.24, 2.45) is 10.9 Å². The van der Waals surface area contributed by atoms with Crippen molar-refractivity contribution in [2.75, 3.05) is 45.9 Å². The summed E-state index contributed by atoms with van der Waals surface area (Å²) < 4.78 is 5.44. The van der Waals surface area contributed by atoms with Crippen molar-refractivity contribution in [3.63, 3.8) is 0 Å². The van der Waals surface area contributed by atoms with Crippen LogP contribution in [0.2, 0.25) is 0 Å². The first-order valence-corrected chi connectivity index (χ1v) is 10.2. The number of hydrogen-bond acceptors (Lipinski definition) is 3. The Morgan fingerprint density at radius 2 is 2.04 bits per heavy atom. The van der Waals surface area contributed by atoms with Gasteiger partial charge in [0.1, 0.15) is 0 Å². The molecule has 0 amide bonds. The van der Waals surface area contributed by atoms with Gasteiger partial charge in [0.25, 0.3) is 0 Å². The van der Waals surface area contributed by atoms with E-state index in [4.69, 9.17) is 9.73 Å². The lowest BCUT2D eigenvalue weighted by Crippen LogP contribution is -2.46. The van der Waals surface area contributed by atoms with E-state index in [1.165, 1.54) is 24.0 Å². The molecule has 5 heteroatoms. The minimum absolute atomic E-state index is 0.740. The molecule has 0 aliphatic carbocycles. The largest absolute Gasteiger partial charge is 0.379 e. The molecule has 0 saturated carbocycles. The van der Waals surface area contributed by atoms with Crippen LogP contribution < -0.4 is 5.32 Å². The van der Waals surface area contributed by atoms with E-state index < -0.39 is 0 Å². The van der Waals surface area contributed by atoms with Crippen molar-refractivity contribution in [2.45, 2.75) is 39.8 Å². The SMILES string of the molecule is CCNC(=NCc1cccc(CN2CCOCC2)c1)N1CCCC(C)C1. The number of hydrogen-bond donors (Lipinski definition) is 1. The molecule has 3 rings (SSSR count). The molecule has 26 heavy (non-hydrogen) atoms. The summed E-state index contributed by atoms with van der Waals surface area (Å²) in [6, 6.07) is 8.88. The van der Waals surface area contributed by atoms with Crippen LogP contribution in [0.3, 0.4) is 0 Å². The van der Waals surface area contributed by atoms with E-state index in [0.29, 0.717) is 0 Å². The highest BCUT2D eigenvalue weighted by molar-refractivity contribution is 5.80. The van der Waals surface area contributed by atoms with E-state index in [0.717, 1.165) is 70.9 Å². The Hall–Kier alpha value is -1.59. The molecule has 0 bridgehead atoms. The Morgan fingerprint density at radius 3 is 2.81 bits per heavy atom. The fraction of sp³-hybridized carbons (Fsp3) is 0.667. The Morgan fingerprint density at radius 1 is 1.23 bits per heavy atom. The van der Waals surface area contributed by atoms with Crippen molar-refractivity contribution in [3.05, 3.63) is 35.4 Å². The van der Waals surface area contributed by atoms with Crippen LogP contribution in [0.5, 0.6) is 0 Å². The van der Waals surface area contributed by atoms with Crippen molar-refractivity contribution >= 4 is 5.96 Å². The molecule has 2 saturated heterocycles.